The lowest BCUT2D eigenvalue weighted by Gasteiger charge is -2.15. The fraction of sp³-hybridized carbons (Fsp3) is 0.292. The first-order valence-electron chi connectivity index (χ1n) is 10.4. The average Bonchev–Trinajstić information content (AvgIpc) is 2.75. The van der Waals surface area contributed by atoms with Crippen LogP contribution in [0.5, 0.6) is 11.5 Å². The number of hydrogen-bond acceptors (Lipinski definition) is 6. The third-order valence-corrected chi connectivity index (χ3v) is 4.91. The van der Waals surface area contributed by atoms with Crippen LogP contribution in [0.2, 0.25) is 0 Å². The lowest BCUT2D eigenvalue weighted by Crippen LogP contribution is -2.31. The molecule has 0 spiro atoms. The molecule has 2 N–H and O–H groups in total. The first-order valence-corrected chi connectivity index (χ1v) is 10.4. The number of likely N-dealkylation sites (N-methyl/N-ethyl adjacent to an activating group) is 1. The number of aromatic nitrogens is 2. The third-order valence-electron chi connectivity index (χ3n) is 4.91. The SMILES string of the molecule is Cc1ccc(Oc2cnn(C)c(=O)c2Nc2ccc(C(=O)NCCN(C)C)cc2)c(C)c1. The zero-order valence-electron chi connectivity index (χ0n) is 19.1. The van der Waals surface area contributed by atoms with E-state index in [0.717, 1.165) is 17.7 Å². The summed E-state index contributed by atoms with van der Waals surface area (Å²) in [4.78, 5) is 27.0. The number of hydrogen-bond donors (Lipinski definition) is 2. The van der Waals surface area contributed by atoms with E-state index < -0.39 is 0 Å². The van der Waals surface area contributed by atoms with Crippen molar-refractivity contribution in [1.82, 2.24) is 20.0 Å². The number of nitrogens with one attached hydrogen (secondary N) is 2. The zero-order valence-corrected chi connectivity index (χ0v) is 19.1. The highest BCUT2D eigenvalue weighted by atomic mass is 16.5. The number of carbonyl (C=O) groups excluding carboxylic acids is 1. The van der Waals surface area contributed by atoms with Gasteiger partial charge in [-0.2, -0.15) is 5.10 Å². The van der Waals surface area contributed by atoms with Gasteiger partial charge < -0.3 is 20.3 Å². The van der Waals surface area contributed by atoms with Crippen molar-refractivity contribution in [2.75, 3.05) is 32.5 Å². The Morgan fingerprint density at radius 3 is 2.47 bits per heavy atom. The fourth-order valence-corrected chi connectivity index (χ4v) is 3.09. The quantitative estimate of drug-likeness (QED) is 0.565. The molecule has 168 valence electrons. The Kier molecular flexibility index (Phi) is 7.27. The molecule has 0 unspecified atom stereocenters. The molecule has 0 aliphatic carbocycles. The Morgan fingerprint density at radius 1 is 1.09 bits per heavy atom. The van der Waals surface area contributed by atoms with E-state index in [0.29, 0.717) is 29.3 Å². The number of amides is 1. The highest BCUT2D eigenvalue weighted by Gasteiger charge is 2.14. The summed E-state index contributed by atoms with van der Waals surface area (Å²) in [5, 5.41) is 10.1. The summed E-state index contributed by atoms with van der Waals surface area (Å²) in [5.41, 5.74) is 3.23. The van der Waals surface area contributed by atoms with Gasteiger partial charge in [0.1, 0.15) is 5.75 Å². The summed E-state index contributed by atoms with van der Waals surface area (Å²) in [6, 6.07) is 12.8. The van der Waals surface area contributed by atoms with E-state index in [2.05, 4.69) is 15.7 Å². The molecule has 0 atom stereocenters. The number of ether oxygens (including phenoxy) is 1. The number of rotatable bonds is 8. The van der Waals surface area contributed by atoms with Gasteiger partial charge in [-0.05, 0) is 63.8 Å². The summed E-state index contributed by atoms with van der Waals surface area (Å²) in [7, 11) is 5.48. The predicted octanol–water partition coefficient (Wildman–Crippen LogP) is 3.22. The summed E-state index contributed by atoms with van der Waals surface area (Å²) >= 11 is 0. The van der Waals surface area contributed by atoms with Crippen molar-refractivity contribution in [3.8, 4) is 11.5 Å². The highest BCUT2D eigenvalue weighted by molar-refractivity contribution is 5.94. The number of anilines is 2. The molecule has 1 heterocycles. The molecule has 2 aromatic carbocycles. The second-order valence-electron chi connectivity index (χ2n) is 7.95. The van der Waals surface area contributed by atoms with Crippen LogP contribution in [0.4, 0.5) is 11.4 Å². The maximum absolute atomic E-state index is 12.8. The smallest absolute Gasteiger partial charge is 0.294 e. The Hall–Kier alpha value is -3.65. The summed E-state index contributed by atoms with van der Waals surface area (Å²) < 4.78 is 7.26. The van der Waals surface area contributed by atoms with Gasteiger partial charge in [-0.1, -0.05) is 17.7 Å². The van der Waals surface area contributed by atoms with Crippen molar-refractivity contribution < 1.29 is 9.53 Å². The molecule has 3 rings (SSSR count). The van der Waals surface area contributed by atoms with Crippen molar-refractivity contribution in [2.24, 2.45) is 7.05 Å². The van der Waals surface area contributed by atoms with Crippen LogP contribution in [0.3, 0.4) is 0 Å². The van der Waals surface area contributed by atoms with Crippen LogP contribution in [0, 0.1) is 13.8 Å². The number of benzene rings is 2. The Morgan fingerprint density at radius 2 is 1.81 bits per heavy atom. The largest absolute Gasteiger partial charge is 0.453 e. The molecular weight excluding hydrogens is 406 g/mol. The van der Waals surface area contributed by atoms with Crippen molar-refractivity contribution in [3.05, 3.63) is 75.7 Å². The van der Waals surface area contributed by atoms with Gasteiger partial charge in [-0.15, -0.1) is 0 Å². The van der Waals surface area contributed by atoms with E-state index in [9.17, 15) is 9.59 Å². The minimum atomic E-state index is -0.322. The van der Waals surface area contributed by atoms with Gasteiger partial charge in [0.15, 0.2) is 11.4 Å². The van der Waals surface area contributed by atoms with Crippen LogP contribution >= 0.6 is 0 Å². The topological polar surface area (TPSA) is 88.5 Å². The minimum Gasteiger partial charge on any atom is -0.453 e. The van der Waals surface area contributed by atoms with Gasteiger partial charge in [0.05, 0.1) is 6.20 Å². The third kappa shape index (κ3) is 5.73. The molecule has 0 aliphatic rings. The van der Waals surface area contributed by atoms with Gasteiger partial charge in [-0.25, -0.2) is 4.68 Å². The lowest BCUT2D eigenvalue weighted by molar-refractivity contribution is 0.0951. The molecule has 3 aromatic rings. The van der Waals surface area contributed by atoms with Gasteiger partial charge in [-0.3, -0.25) is 9.59 Å². The van der Waals surface area contributed by atoms with Crippen LogP contribution in [0.1, 0.15) is 21.5 Å². The van der Waals surface area contributed by atoms with E-state index >= 15 is 0 Å². The predicted molar refractivity (Wildman–Crippen MR) is 126 cm³/mol. The van der Waals surface area contributed by atoms with E-state index in [1.54, 1.807) is 31.3 Å². The molecular formula is C24H29N5O3. The molecule has 0 radical (unpaired) electrons. The number of nitrogens with zero attached hydrogens (tertiary/aromatic N) is 3. The van der Waals surface area contributed by atoms with Gasteiger partial charge in [0, 0.05) is 31.4 Å². The fourth-order valence-electron chi connectivity index (χ4n) is 3.09. The zero-order chi connectivity index (χ0) is 23.3. The van der Waals surface area contributed by atoms with Crippen molar-refractivity contribution in [3.63, 3.8) is 0 Å². The summed E-state index contributed by atoms with van der Waals surface area (Å²) in [6.07, 6.45) is 1.51. The summed E-state index contributed by atoms with van der Waals surface area (Å²) in [5.74, 6) is 0.834. The Balaban J connectivity index is 1.80. The molecule has 0 aliphatic heterocycles. The Labute approximate surface area is 187 Å². The maximum atomic E-state index is 12.8. The average molecular weight is 436 g/mol. The molecule has 0 bridgehead atoms. The Bertz CT molecular complexity index is 1150. The van der Waals surface area contributed by atoms with Crippen molar-refractivity contribution in [2.45, 2.75) is 13.8 Å². The monoisotopic (exact) mass is 435 g/mol. The second-order valence-corrected chi connectivity index (χ2v) is 7.95. The maximum Gasteiger partial charge on any atom is 0.294 e. The van der Waals surface area contributed by atoms with Gasteiger partial charge in [0.25, 0.3) is 11.5 Å². The molecule has 0 fully saturated rings. The van der Waals surface area contributed by atoms with E-state index in [1.165, 1.54) is 10.9 Å². The molecule has 8 nitrogen and oxygen atoms in total. The van der Waals surface area contributed by atoms with E-state index in [4.69, 9.17) is 4.74 Å². The molecule has 0 saturated carbocycles. The molecule has 0 saturated heterocycles. The van der Waals surface area contributed by atoms with Crippen LogP contribution in [-0.2, 0) is 7.05 Å². The van der Waals surface area contributed by atoms with E-state index in [1.807, 2.05) is 51.0 Å². The lowest BCUT2D eigenvalue weighted by atomic mass is 10.1. The van der Waals surface area contributed by atoms with Crippen molar-refractivity contribution >= 4 is 17.3 Å². The summed E-state index contributed by atoms with van der Waals surface area (Å²) in [6.45, 7) is 5.29. The molecule has 1 aromatic heterocycles. The van der Waals surface area contributed by atoms with E-state index in [-0.39, 0.29) is 17.2 Å². The second kappa shape index (κ2) is 10.1. The number of carbonyl (C=O) groups is 1. The van der Waals surface area contributed by atoms with Gasteiger partial charge in [0.2, 0.25) is 0 Å². The van der Waals surface area contributed by atoms with Crippen LogP contribution < -0.4 is 20.9 Å². The normalized spacial score (nSPS) is 10.8. The first-order chi connectivity index (χ1) is 15.2. The van der Waals surface area contributed by atoms with Crippen LogP contribution in [0.25, 0.3) is 0 Å². The molecule has 1 amide bonds. The highest BCUT2D eigenvalue weighted by Crippen LogP contribution is 2.30. The van der Waals surface area contributed by atoms with Gasteiger partial charge >= 0.3 is 0 Å². The number of aryl methyl sites for hydroxylation is 3. The molecule has 32 heavy (non-hydrogen) atoms. The molecule has 8 heteroatoms. The first kappa shape index (κ1) is 23.0. The van der Waals surface area contributed by atoms with Crippen LogP contribution in [-0.4, -0.2) is 47.8 Å². The standard InChI is InChI=1S/C24H29N5O3/c1-16-6-11-20(17(2)14-16)32-21-15-26-29(5)24(31)22(21)27-19-9-7-18(8-10-19)23(30)25-12-13-28(3)4/h6-11,14-15,27H,12-13H2,1-5H3,(H,25,30). The minimum absolute atomic E-state index is 0.142. The van der Waals surface area contributed by atoms with Crippen molar-refractivity contribution in [1.29, 1.82) is 0 Å². The van der Waals surface area contributed by atoms with Crippen LogP contribution in [0.15, 0.2) is 53.5 Å².